The molecule has 172 valence electrons. The fourth-order valence-corrected chi connectivity index (χ4v) is 5.97. The van der Waals surface area contributed by atoms with Crippen LogP contribution in [-0.4, -0.2) is 66.1 Å². The first-order valence-corrected chi connectivity index (χ1v) is 13.3. The molecule has 1 aliphatic heterocycles. The van der Waals surface area contributed by atoms with Crippen molar-refractivity contribution >= 4 is 43.3 Å². The Bertz CT molecular complexity index is 1540. The molecule has 0 bridgehead atoms. The van der Waals surface area contributed by atoms with E-state index < -0.39 is 0 Å². The van der Waals surface area contributed by atoms with Crippen LogP contribution in [0.3, 0.4) is 0 Å². The summed E-state index contributed by atoms with van der Waals surface area (Å²) in [5.74, 6) is 0.767. The van der Waals surface area contributed by atoms with Gasteiger partial charge in [-0.05, 0) is 0 Å². The summed E-state index contributed by atoms with van der Waals surface area (Å²) < 4.78 is 3.07. The molecule has 2 radical (unpaired) electrons. The Morgan fingerprint density at radius 3 is 2.54 bits per heavy atom. The van der Waals surface area contributed by atoms with Crippen LogP contribution in [-0.2, 0) is 0 Å². The summed E-state index contributed by atoms with van der Waals surface area (Å²) in [6, 6.07) is 21.4. The van der Waals surface area contributed by atoms with Gasteiger partial charge in [0.25, 0.3) is 0 Å². The van der Waals surface area contributed by atoms with Crippen molar-refractivity contribution in [2.24, 2.45) is 5.92 Å². The first kappa shape index (κ1) is 21.2. The number of aromatic nitrogens is 5. The van der Waals surface area contributed by atoms with Crippen molar-refractivity contribution in [2.75, 3.05) is 19.6 Å². The van der Waals surface area contributed by atoms with Gasteiger partial charge in [-0.15, -0.1) is 0 Å². The van der Waals surface area contributed by atoms with Gasteiger partial charge in [0.15, 0.2) is 0 Å². The van der Waals surface area contributed by atoms with Gasteiger partial charge in [-0.1, -0.05) is 0 Å². The molecule has 2 fully saturated rings. The van der Waals surface area contributed by atoms with Crippen molar-refractivity contribution < 1.29 is 0 Å². The summed E-state index contributed by atoms with van der Waals surface area (Å²) in [7, 11) is 0. The van der Waals surface area contributed by atoms with Gasteiger partial charge in [-0.3, -0.25) is 0 Å². The summed E-state index contributed by atoms with van der Waals surface area (Å²) in [6.45, 7) is 3.76. The summed E-state index contributed by atoms with van der Waals surface area (Å²) in [5, 5.41) is 7.28. The Labute approximate surface area is 212 Å². The van der Waals surface area contributed by atoms with Crippen molar-refractivity contribution in [3.05, 3.63) is 67.0 Å². The molecule has 0 unspecified atom stereocenters. The van der Waals surface area contributed by atoms with Gasteiger partial charge in [0, 0.05) is 0 Å². The van der Waals surface area contributed by atoms with E-state index in [1.54, 1.807) is 6.33 Å². The van der Waals surface area contributed by atoms with Crippen molar-refractivity contribution in [2.45, 2.75) is 25.3 Å². The molecule has 0 atom stereocenters. The van der Waals surface area contributed by atoms with Crippen LogP contribution in [0.25, 0.3) is 44.5 Å². The topological polar surface area (TPSA) is 59.7 Å². The molecular weight excluding hydrogens is 495 g/mol. The summed E-state index contributed by atoms with van der Waals surface area (Å²) >= 11 is 2.59. The molecule has 4 heterocycles. The molecule has 0 spiro atoms. The predicted molar refractivity (Wildman–Crippen MR) is 140 cm³/mol. The molecular formula is C28H25AsN6. The Morgan fingerprint density at radius 1 is 0.914 bits per heavy atom. The quantitative estimate of drug-likeness (QED) is 0.326. The Hall–Kier alpha value is -3.08. The third-order valence-electron chi connectivity index (χ3n) is 7.53. The average molecular weight is 520 g/mol. The maximum absolute atomic E-state index is 5.14. The van der Waals surface area contributed by atoms with Gasteiger partial charge in [-0.2, -0.15) is 0 Å². The number of rotatable bonds is 5. The second-order valence-electron chi connectivity index (χ2n) is 9.80. The SMILES string of the molecule is [As]c1ncnc2c1c(-c1ccc3ccc(-c4ccccc4)nc3c1)nn2C1CC(CN2CCC2)C1. The average Bonchev–Trinajstić information content (AvgIpc) is 3.22. The maximum atomic E-state index is 5.14. The van der Waals surface area contributed by atoms with Gasteiger partial charge in [0.05, 0.1) is 0 Å². The summed E-state index contributed by atoms with van der Waals surface area (Å²) in [6.07, 6.45) is 5.35. The third-order valence-corrected chi connectivity index (χ3v) is 8.24. The number of pyridine rings is 1. The van der Waals surface area contributed by atoms with E-state index in [0.717, 1.165) is 54.9 Å². The molecule has 0 N–H and O–H groups in total. The minimum absolute atomic E-state index is 0.405. The van der Waals surface area contributed by atoms with Crippen LogP contribution < -0.4 is 4.48 Å². The molecule has 2 aliphatic rings. The Balaban J connectivity index is 1.27. The van der Waals surface area contributed by atoms with E-state index in [0.29, 0.717) is 6.04 Å². The first-order valence-electron chi connectivity index (χ1n) is 12.3. The van der Waals surface area contributed by atoms with Crippen molar-refractivity contribution in [3.63, 3.8) is 0 Å². The second kappa shape index (κ2) is 8.54. The Morgan fingerprint density at radius 2 is 1.74 bits per heavy atom. The zero-order valence-electron chi connectivity index (χ0n) is 19.4. The number of nitrogens with zero attached hydrogens (tertiary/aromatic N) is 6. The van der Waals surface area contributed by atoms with E-state index in [-0.39, 0.29) is 0 Å². The van der Waals surface area contributed by atoms with E-state index in [1.807, 2.05) is 18.2 Å². The van der Waals surface area contributed by atoms with Gasteiger partial charge < -0.3 is 0 Å². The van der Waals surface area contributed by atoms with Gasteiger partial charge >= 0.3 is 213 Å². The van der Waals surface area contributed by atoms with E-state index in [4.69, 9.17) is 10.1 Å². The van der Waals surface area contributed by atoms with Crippen molar-refractivity contribution in [1.29, 1.82) is 0 Å². The normalized spacial score (nSPS) is 20.1. The monoisotopic (exact) mass is 520 g/mol. The second-order valence-corrected chi connectivity index (χ2v) is 10.7. The van der Waals surface area contributed by atoms with Crippen LogP contribution in [0.1, 0.15) is 25.3 Å². The number of fused-ring (bicyclic) bond motifs is 2. The molecule has 1 saturated heterocycles. The standard InChI is InChI=1S/C28H25AsN6/c29-27-25-26(21-8-7-20-9-10-23(32-24(20)15-21)19-5-2-1-3-6-19)33-35(28(25)31-17-30-27)22-13-18(14-22)16-34-11-4-12-34/h1-3,5-10,15,17-18,22H,4,11-14,16H2. The van der Waals surface area contributed by atoms with Crippen LogP contribution in [0.15, 0.2) is 67.0 Å². The Kier molecular flexibility index (Phi) is 5.18. The molecule has 7 heteroatoms. The summed E-state index contributed by atoms with van der Waals surface area (Å²) in [5.41, 5.74) is 5.99. The number of likely N-dealkylation sites (tertiary alicyclic amines) is 1. The van der Waals surface area contributed by atoms with E-state index in [1.165, 1.54) is 38.9 Å². The molecule has 1 saturated carbocycles. The van der Waals surface area contributed by atoms with Gasteiger partial charge in [-0.25, -0.2) is 0 Å². The van der Waals surface area contributed by atoms with Crippen LogP contribution >= 0.6 is 0 Å². The molecule has 0 amide bonds. The molecule has 2 aromatic carbocycles. The molecule has 5 aromatic rings. The zero-order chi connectivity index (χ0) is 23.4. The van der Waals surface area contributed by atoms with E-state index in [9.17, 15) is 0 Å². The van der Waals surface area contributed by atoms with Crippen molar-refractivity contribution in [1.82, 2.24) is 29.6 Å². The first-order chi connectivity index (χ1) is 17.2. The zero-order valence-corrected chi connectivity index (χ0v) is 21.3. The molecule has 7 rings (SSSR count). The number of benzene rings is 2. The van der Waals surface area contributed by atoms with Crippen LogP contribution in [0.5, 0.6) is 0 Å². The van der Waals surface area contributed by atoms with Gasteiger partial charge in [0.2, 0.25) is 0 Å². The summed E-state index contributed by atoms with van der Waals surface area (Å²) in [4.78, 5) is 16.7. The van der Waals surface area contributed by atoms with E-state index >= 15 is 0 Å². The van der Waals surface area contributed by atoms with Gasteiger partial charge in [0.1, 0.15) is 0 Å². The number of hydrogen-bond acceptors (Lipinski definition) is 5. The van der Waals surface area contributed by atoms with Crippen LogP contribution in [0.4, 0.5) is 0 Å². The minimum atomic E-state index is 0.405. The molecule has 1 aliphatic carbocycles. The molecule has 3 aromatic heterocycles. The van der Waals surface area contributed by atoms with Crippen LogP contribution in [0, 0.1) is 5.92 Å². The fourth-order valence-electron chi connectivity index (χ4n) is 5.43. The van der Waals surface area contributed by atoms with Crippen LogP contribution in [0.2, 0.25) is 0 Å². The fraction of sp³-hybridized carbons (Fsp3) is 0.286. The van der Waals surface area contributed by atoms with E-state index in [2.05, 4.69) is 78.9 Å². The molecule has 6 nitrogen and oxygen atoms in total. The third kappa shape index (κ3) is 3.76. The molecule has 35 heavy (non-hydrogen) atoms. The van der Waals surface area contributed by atoms with Crippen molar-refractivity contribution in [3.8, 4) is 22.5 Å². The number of hydrogen-bond donors (Lipinski definition) is 0. The predicted octanol–water partition coefficient (Wildman–Crippen LogP) is 4.16.